The van der Waals surface area contributed by atoms with Crippen LogP contribution in [0, 0.1) is 5.92 Å². The van der Waals surface area contributed by atoms with Crippen molar-refractivity contribution in [1.29, 1.82) is 0 Å². The summed E-state index contributed by atoms with van der Waals surface area (Å²) in [5, 5.41) is 3.42. The van der Waals surface area contributed by atoms with E-state index in [9.17, 15) is 0 Å². The Morgan fingerprint density at radius 1 is 1.12 bits per heavy atom. The lowest BCUT2D eigenvalue weighted by Gasteiger charge is -2.23. The monoisotopic (exact) mass is 228 g/mol. The van der Waals surface area contributed by atoms with Crippen LogP contribution >= 0.6 is 0 Å². The van der Waals surface area contributed by atoms with E-state index in [0.717, 1.165) is 12.5 Å². The minimum atomic E-state index is 0.649. The fourth-order valence-corrected chi connectivity index (χ4v) is 2.25. The van der Waals surface area contributed by atoms with Crippen molar-refractivity contribution >= 4 is 0 Å². The first kappa shape index (κ1) is 15.9. The van der Waals surface area contributed by atoms with E-state index < -0.39 is 0 Å². The Kier molecular flexibility index (Phi) is 10.0. The number of nitrogens with zero attached hydrogens (tertiary/aromatic N) is 1. The Hall–Kier alpha value is -0.0800. The third-order valence-corrected chi connectivity index (χ3v) is 3.23. The van der Waals surface area contributed by atoms with Crippen LogP contribution in [-0.2, 0) is 0 Å². The lowest BCUT2D eigenvalue weighted by atomic mass is 9.95. The van der Waals surface area contributed by atoms with Crippen LogP contribution in [-0.4, -0.2) is 38.6 Å². The van der Waals surface area contributed by atoms with E-state index in [1.165, 1.54) is 38.5 Å². The Morgan fingerprint density at radius 3 is 2.31 bits per heavy atom. The smallest absolute Gasteiger partial charge is 0.0194 e. The van der Waals surface area contributed by atoms with Gasteiger partial charge in [-0.05, 0) is 33.5 Å². The van der Waals surface area contributed by atoms with Crippen molar-refractivity contribution < 1.29 is 0 Å². The first-order valence-electron chi connectivity index (χ1n) is 6.92. The van der Waals surface area contributed by atoms with Crippen LogP contribution in [0.15, 0.2) is 0 Å². The van der Waals surface area contributed by atoms with Gasteiger partial charge in [-0.3, -0.25) is 0 Å². The third-order valence-electron chi connectivity index (χ3n) is 3.23. The number of hydrogen-bond acceptors (Lipinski definition) is 2. The summed E-state index contributed by atoms with van der Waals surface area (Å²) in [6.45, 7) is 5.82. The zero-order valence-electron chi connectivity index (χ0n) is 12.1. The molecule has 2 nitrogen and oxygen atoms in total. The van der Waals surface area contributed by atoms with Crippen molar-refractivity contribution in [1.82, 2.24) is 10.2 Å². The highest BCUT2D eigenvalue weighted by Crippen LogP contribution is 2.15. The molecule has 0 aromatic heterocycles. The SMILES string of the molecule is CCCCCCC(C)CC(CN(C)C)NC. The van der Waals surface area contributed by atoms with E-state index in [4.69, 9.17) is 0 Å². The van der Waals surface area contributed by atoms with Gasteiger partial charge in [0.1, 0.15) is 0 Å². The van der Waals surface area contributed by atoms with Crippen molar-refractivity contribution in [3.8, 4) is 0 Å². The summed E-state index contributed by atoms with van der Waals surface area (Å²) in [5.74, 6) is 0.856. The zero-order chi connectivity index (χ0) is 12.4. The highest BCUT2D eigenvalue weighted by Gasteiger charge is 2.11. The van der Waals surface area contributed by atoms with Gasteiger partial charge in [0, 0.05) is 12.6 Å². The summed E-state index contributed by atoms with van der Waals surface area (Å²) < 4.78 is 0. The van der Waals surface area contributed by atoms with Crippen molar-refractivity contribution in [2.45, 2.75) is 58.4 Å². The third kappa shape index (κ3) is 9.17. The molecule has 0 aromatic rings. The Morgan fingerprint density at radius 2 is 1.81 bits per heavy atom. The summed E-state index contributed by atoms with van der Waals surface area (Å²) >= 11 is 0. The molecule has 0 amide bonds. The van der Waals surface area contributed by atoms with E-state index in [1.54, 1.807) is 0 Å². The van der Waals surface area contributed by atoms with E-state index in [2.05, 4.69) is 45.2 Å². The molecular formula is C14H32N2. The van der Waals surface area contributed by atoms with Crippen LogP contribution in [0.5, 0.6) is 0 Å². The van der Waals surface area contributed by atoms with Crippen LogP contribution in [0.25, 0.3) is 0 Å². The summed E-state index contributed by atoms with van der Waals surface area (Å²) in [7, 11) is 6.38. The molecule has 0 rings (SSSR count). The molecule has 1 N–H and O–H groups in total. The quantitative estimate of drug-likeness (QED) is 0.578. The lowest BCUT2D eigenvalue weighted by molar-refractivity contribution is 0.303. The predicted molar refractivity (Wildman–Crippen MR) is 73.9 cm³/mol. The normalized spacial score (nSPS) is 15.4. The molecule has 0 radical (unpaired) electrons. The van der Waals surface area contributed by atoms with Gasteiger partial charge < -0.3 is 10.2 Å². The van der Waals surface area contributed by atoms with Crippen molar-refractivity contribution in [2.75, 3.05) is 27.7 Å². The van der Waals surface area contributed by atoms with Gasteiger partial charge in [-0.25, -0.2) is 0 Å². The molecule has 0 saturated carbocycles. The highest BCUT2D eigenvalue weighted by atomic mass is 15.1. The lowest BCUT2D eigenvalue weighted by Crippen LogP contribution is -2.37. The van der Waals surface area contributed by atoms with E-state index >= 15 is 0 Å². The topological polar surface area (TPSA) is 15.3 Å². The maximum atomic E-state index is 3.42. The van der Waals surface area contributed by atoms with Crippen molar-refractivity contribution in [2.24, 2.45) is 5.92 Å². The van der Waals surface area contributed by atoms with E-state index in [1.807, 2.05) is 0 Å². The number of nitrogens with one attached hydrogen (secondary N) is 1. The molecule has 0 bridgehead atoms. The van der Waals surface area contributed by atoms with Crippen LogP contribution < -0.4 is 5.32 Å². The van der Waals surface area contributed by atoms with Gasteiger partial charge in [0.15, 0.2) is 0 Å². The van der Waals surface area contributed by atoms with Gasteiger partial charge in [-0.2, -0.15) is 0 Å². The molecule has 0 saturated heterocycles. The van der Waals surface area contributed by atoms with Gasteiger partial charge in [-0.15, -0.1) is 0 Å². The average molecular weight is 228 g/mol. The molecule has 2 atom stereocenters. The predicted octanol–water partition coefficient (Wildman–Crippen LogP) is 3.13. The Bertz CT molecular complexity index is 146. The summed E-state index contributed by atoms with van der Waals surface area (Å²) in [4.78, 5) is 2.27. The second-order valence-corrected chi connectivity index (χ2v) is 5.44. The Balaban J connectivity index is 3.61. The molecule has 2 heteroatoms. The fraction of sp³-hybridized carbons (Fsp3) is 1.00. The van der Waals surface area contributed by atoms with Gasteiger partial charge in [0.2, 0.25) is 0 Å². The van der Waals surface area contributed by atoms with Crippen LogP contribution in [0.4, 0.5) is 0 Å². The molecular weight excluding hydrogens is 196 g/mol. The molecule has 0 aliphatic carbocycles. The number of hydrogen-bond donors (Lipinski definition) is 1. The second kappa shape index (κ2) is 10.1. The minimum absolute atomic E-state index is 0.649. The largest absolute Gasteiger partial charge is 0.316 e. The molecule has 0 aliphatic rings. The summed E-state index contributed by atoms with van der Waals surface area (Å²) in [5.41, 5.74) is 0. The maximum absolute atomic E-state index is 3.42. The summed E-state index contributed by atoms with van der Waals surface area (Å²) in [6.07, 6.45) is 8.27. The average Bonchev–Trinajstić information content (AvgIpc) is 2.23. The first-order valence-corrected chi connectivity index (χ1v) is 6.92. The summed E-state index contributed by atoms with van der Waals surface area (Å²) in [6, 6.07) is 0.649. The van der Waals surface area contributed by atoms with Gasteiger partial charge in [0.05, 0.1) is 0 Å². The fourth-order valence-electron chi connectivity index (χ4n) is 2.25. The molecule has 0 heterocycles. The molecule has 0 aromatic carbocycles. The van der Waals surface area contributed by atoms with Crippen LogP contribution in [0.3, 0.4) is 0 Å². The van der Waals surface area contributed by atoms with Crippen molar-refractivity contribution in [3.05, 3.63) is 0 Å². The number of unbranched alkanes of at least 4 members (excludes halogenated alkanes) is 3. The van der Waals surface area contributed by atoms with Gasteiger partial charge >= 0.3 is 0 Å². The van der Waals surface area contributed by atoms with E-state index in [0.29, 0.717) is 6.04 Å². The van der Waals surface area contributed by atoms with Crippen LogP contribution in [0.1, 0.15) is 52.4 Å². The van der Waals surface area contributed by atoms with E-state index in [-0.39, 0.29) is 0 Å². The maximum Gasteiger partial charge on any atom is 0.0194 e. The van der Waals surface area contributed by atoms with Crippen molar-refractivity contribution in [3.63, 3.8) is 0 Å². The number of likely N-dealkylation sites (N-methyl/N-ethyl adjacent to an activating group) is 2. The minimum Gasteiger partial charge on any atom is -0.316 e. The Labute approximate surface area is 103 Å². The van der Waals surface area contributed by atoms with Gasteiger partial charge in [-0.1, -0.05) is 46.0 Å². The standard InChI is InChI=1S/C14H32N2/c1-6-7-8-9-10-13(2)11-14(15-3)12-16(4)5/h13-15H,6-12H2,1-5H3. The molecule has 16 heavy (non-hydrogen) atoms. The molecule has 2 unspecified atom stereocenters. The molecule has 0 aliphatic heterocycles. The molecule has 0 spiro atoms. The molecule has 0 fully saturated rings. The second-order valence-electron chi connectivity index (χ2n) is 5.44. The first-order chi connectivity index (χ1) is 7.60. The molecule has 98 valence electrons. The van der Waals surface area contributed by atoms with Gasteiger partial charge in [0.25, 0.3) is 0 Å². The van der Waals surface area contributed by atoms with Crippen LogP contribution in [0.2, 0.25) is 0 Å². The number of rotatable bonds is 10. The zero-order valence-corrected chi connectivity index (χ0v) is 12.1. The highest BCUT2D eigenvalue weighted by molar-refractivity contribution is 4.70.